The van der Waals surface area contributed by atoms with E-state index < -0.39 is 0 Å². The summed E-state index contributed by atoms with van der Waals surface area (Å²) in [5.41, 5.74) is 5.08. The molecule has 0 aromatic rings. The van der Waals surface area contributed by atoms with Crippen LogP contribution in [-0.4, -0.2) is 29.0 Å². The fourth-order valence-corrected chi connectivity index (χ4v) is 1.91. The van der Waals surface area contributed by atoms with E-state index in [1.54, 1.807) is 6.92 Å². The number of rotatable bonds is 8. The minimum absolute atomic E-state index is 0.0648. The molecule has 6 heteroatoms. The van der Waals surface area contributed by atoms with Gasteiger partial charge in [0.05, 0.1) is 11.3 Å². The Hall–Kier alpha value is -0.200. The molecule has 16 heavy (non-hydrogen) atoms. The molecule has 94 valence electrons. The van der Waals surface area contributed by atoms with Gasteiger partial charge >= 0.3 is 0 Å². The summed E-state index contributed by atoms with van der Waals surface area (Å²) in [5, 5.41) is 2.96. The molecule has 0 bridgehead atoms. The number of primary amides is 1. The van der Waals surface area contributed by atoms with Crippen molar-refractivity contribution in [3.05, 3.63) is 0 Å². The summed E-state index contributed by atoms with van der Waals surface area (Å²) in [6, 6.07) is -0.124. The van der Waals surface area contributed by atoms with Crippen LogP contribution in [0.1, 0.15) is 33.6 Å². The number of nitrogens with two attached hydrogens (primary N) is 1. The van der Waals surface area contributed by atoms with Gasteiger partial charge in [-0.15, -0.1) is 11.7 Å². The quantitative estimate of drug-likeness (QED) is 0.454. The number of hydrogen-bond acceptors (Lipinski definition) is 5. The maximum absolute atomic E-state index is 11.9. The molecule has 1 amide bonds. The average molecular weight is 264 g/mol. The fraction of sp³-hybridized carbons (Fsp3) is 0.800. The van der Waals surface area contributed by atoms with Gasteiger partial charge in [0.2, 0.25) is 5.91 Å². The van der Waals surface area contributed by atoms with Gasteiger partial charge in [-0.2, -0.15) is 0 Å². The maximum Gasteiger partial charge on any atom is 0.217 e. The molecule has 4 nitrogen and oxygen atoms in total. The first kappa shape index (κ1) is 15.8. The summed E-state index contributed by atoms with van der Waals surface area (Å²) in [5.74, 6) is -0.315. The van der Waals surface area contributed by atoms with Crippen LogP contribution in [0.15, 0.2) is 0 Å². The highest BCUT2D eigenvalue weighted by atomic mass is 33.1. The minimum atomic E-state index is -0.380. The van der Waals surface area contributed by atoms with Crippen molar-refractivity contribution in [2.75, 3.05) is 0 Å². The second kappa shape index (κ2) is 7.97. The molecule has 0 rings (SSSR count). The second-order valence-electron chi connectivity index (χ2n) is 4.03. The predicted octanol–water partition coefficient (Wildman–Crippen LogP) is 1.15. The molecule has 0 radical (unpaired) electrons. The van der Waals surface area contributed by atoms with Crippen LogP contribution in [0, 0.1) is 0 Å². The largest absolute Gasteiger partial charge is 0.370 e. The van der Waals surface area contributed by atoms with E-state index in [-0.39, 0.29) is 35.4 Å². The van der Waals surface area contributed by atoms with Crippen LogP contribution >= 0.6 is 22.5 Å². The molecule has 0 aliphatic heterocycles. The van der Waals surface area contributed by atoms with E-state index in [9.17, 15) is 9.59 Å². The Labute approximate surface area is 106 Å². The third-order valence-corrected chi connectivity index (χ3v) is 3.61. The normalized spacial score (nSPS) is 14.8. The van der Waals surface area contributed by atoms with Crippen LogP contribution in [0.2, 0.25) is 0 Å². The molecule has 0 aromatic carbocycles. The molecule has 0 aliphatic rings. The Balaban J connectivity index is 4.40. The number of nitrogens with one attached hydrogen (secondary N) is 1. The molecule has 0 heterocycles. The van der Waals surface area contributed by atoms with Gasteiger partial charge in [-0.1, -0.05) is 24.6 Å². The zero-order chi connectivity index (χ0) is 12.7. The number of ketones is 1. The monoisotopic (exact) mass is 264 g/mol. The molecule has 3 N–H and O–H groups in total. The van der Waals surface area contributed by atoms with E-state index in [0.29, 0.717) is 6.42 Å². The molecule has 0 saturated carbocycles. The number of thiol groups is 1. The third kappa shape index (κ3) is 6.40. The zero-order valence-corrected chi connectivity index (χ0v) is 11.6. The summed E-state index contributed by atoms with van der Waals surface area (Å²) in [7, 11) is 1.21. The summed E-state index contributed by atoms with van der Waals surface area (Å²) in [6.07, 6.45) is 0.672. The van der Waals surface area contributed by atoms with E-state index in [0.717, 1.165) is 0 Å². The number of Topliss-reactive ketones (excluding diaryl/α,β-unsaturated/α-hetero) is 1. The van der Waals surface area contributed by atoms with Crippen LogP contribution in [-0.2, 0) is 9.59 Å². The van der Waals surface area contributed by atoms with Crippen molar-refractivity contribution in [2.45, 2.75) is 50.9 Å². The Bertz CT molecular complexity index is 247. The minimum Gasteiger partial charge on any atom is -0.370 e. The topological polar surface area (TPSA) is 72.2 Å². The van der Waals surface area contributed by atoms with Gasteiger partial charge in [0.25, 0.3) is 0 Å². The first-order chi connectivity index (χ1) is 7.38. The molecule has 0 aliphatic carbocycles. The lowest BCUT2D eigenvalue weighted by atomic mass is 10.0. The standard InChI is InChI=1S/C10H20N2O2S2/c1-6(2)12-8(4-5-9(11)13)10(14)7(3)16-15/h6-8,12,15H,4-5H2,1-3H3,(H2,11,13)/t7?,8-/m0/s1. The second-order valence-corrected chi connectivity index (χ2v) is 5.58. The summed E-state index contributed by atoms with van der Waals surface area (Å²) in [4.78, 5) is 22.7. The van der Waals surface area contributed by atoms with Crippen LogP contribution in [0.5, 0.6) is 0 Å². The average Bonchev–Trinajstić information content (AvgIpc) is 2.21. The molecular weight excluding hydrogens is 244 g/mol. The SMILES string of the molecule is CC(C)N[C@@H](CCC(N)=O)C(=O)C(C)SS. The van der Waals surface area contributed by atoms with Gasteiger partial charge < -0.3 is 11.1 Å². The van der Waals surface area contributed by atoms with Gasteiger partial charge in [0.1, 0.15) is 0 Å². The number of carbonyl (C=O) groups excluding carboxylic acids is 2. The first-order valence-electron chi connectivity index (χ1n) is 5.26. The van der Waals surface area contributed by atoms with Crippen molar-refractivity contribution < 1.29 is 9.59 Å². The van der Waals surface area contributed by atoms with E-state index in [2.05, 4.69) is 17.0 Å². The van der Waals surface area contributed by atoms with Gasteiger partial charge in [-0.3, -0.25) is 9.59 Å². The van der Waals surface area contributed by atoms with Crippen molar-refractivity contribution in [1.82, 2.24) is 5.32 Å². The van der Waals surface area contributed by atoms with Crippen molar-refractivity contribution in [2.24, 2.45) is 5.73 Å². The molecular formula is C10H20N2O2S2. The van der Waals surface area contributed by atoms with Crippen LogP contribution < -0.4 is 11.1 Å². The van der Waals surface area contributed by atoms with Crippen molar-refractivity contribution in [3.8, 4) is 0 Å². The highest BCUT2D eigenvalue weighted by Gasteiger charge is 2.24. The van der Waals surface area contributed by atoms with Crippen LogP contribution in [0.4, 0.5) is 0 Å². The first-order valence-corrected chi connectivity index (χ1v) is 7.20. The lowest BCUT2D eigenvalue weighted by molar-refractivity contribution is -0.121. The highest BCUT2D eigenvalue weighted by molar-refractivity contribution is 8.69. The summed E-state index contributed by atoms with van der Waals surface area (Å²) in [6.45, 7) is 5.73. The number of hydrogen-bond donors (Lipinski definition) is 3. The molecule has 0 aromatic heterocycles. The lowest BCUT2D eigenvalue weighted by Crippen LogP contribution is -2.44. The Kier molecular flexibility index (Phi) is 7.87. The Morgan fingerprint density at radius 3 is 2.31 bits per heavy atom. The van der Waals surface area contributed by atoms with Crippen molar-refractivity contribution >= 4 is 34.1 Å². The third-order valence-electron chi connectivity index (χ3n) is 2.12. The van der Waals surface area contributed by atoms with E-state index in [1.807, 2.05) is 13.8 Å². The fourth-order valence-electron chi connectivity index (χ4n) is 1.33. The summed E-state index contributed by atoms with van der Waals surface area (Å²) >= 11 is 4.03. The molecule has 0 saturated heterocycles. The summed E-state index contributed by atoms with van der Waals surface area (Å²) < 4.78 is 0. The molecule has 0 spiro atoms. The van der Waals surface area contributed by atoms with Crippen LogP contribution in [0.3, 0.4) is 0 Å². The Morgan fingerprint density at radius 2 is 1.94 bits per heavy atom. The van der Waals surface area contributed by atoms with Gasteiger partial charge in [-0.05, 0) is 13.3 Å². The van der Waals surface area contributed by atoms with Gasteiger partial charge in [-0.25, -0.2) is 0 Å². The lowest BCUT2D eigenvalue weighted by Gasteiger charge is -2.21. The van der Waals surface area contributed by atoms with E-state index >= 15 is 0 Å². The van der Waals surface area contributed by atoms with Crippen molar-refractivity contribution in [3.63, 3.8) is 0 Å². The zero-order valence-electron chi connectivity index (χ0n) is 9.90. The van der Waals surface area contributed by atoms with Crippen LogP contribution in [0.25, 0.3) is 0 Å². The predicted molar refractivity (Wildman–Crippen MR) is 71.5 cm³/mol. The van der Waals surface area contributed by atoms with E-state index in [1.165, 1.54) is 10.8 Å². The van der Waals surface area contributed by atoms with Gasteiger partial charge in [0, 0.05) is 12.5 Å². The maximum atomic E-state index is 11.9. The number of carbonyl (C=O) groups is 2. The smallest absolute Gasteiger partial charge is 0.217 e. The van der Waals surface area contributed by atoms with Gasteiger partial charge in [0.15, 0.2) is 5.78 Å². The highest BCUT2D eigenvalue weighted by Crippen LogP contribution is 2.18. The van der Waals surface area contributed by atoms with Crippen molar-refractivity contribution in [1.29, 1.82) is 0 Å². The Morgan fingerprint density at radius 1 is 1.38 bits per heavy atom. The number of amides is 1. The molecule has 2 atom stereocenters. The molecule has 0 fully saturated rings. The molecule has 1 unspecified atom stereocenters. The van der Waals surface area contributed by atoms with E-state index in [4.69, 9.17) is 5.73 Å².